The third kappa shape index (κ3) is 4.54. The van der Waals surface area contributed by atoms with Gasteiger partial charge < -0.3 is 10.5 Å². The summed E-state index contributed by atoms with van der Waals surface area (Å²) >= 11 is 2.03. The van der Waals surface area contributed by atoms with Crippen LogP contribution in [0.3, 0.4) is 0 Å². The van der Waals surface area contributed by atoms with Crippen molar-refractivity contribution in [2.24, 2.45) is 11.7 Å². The first kappa shape index (κ1) is 13.8. The Kier molecular flexibility index (Phi) is 5.88. The van der Waals surface area contributed by atoms with Gasteiger partial charge in [-0.05, 0) is 42.2 Å². The third-order valence-corrected chi connectivity index (χ3v) is 4.62. The molecule has 1 fully saturated rings. The van der Waals surface area contributed by atoms with E-state index in [1.165, 1.54) is 31.4 Å². The van der Waals surface area contributed by atoms with Crippen molar-refractivity contribution in [3.05, 3.63) is 29.8 Å². The second-order valence-corrected chi connectivity index (χ2v) is 6.08. The number of thioether (sulfide) groups is 1. The molecule has 0 bridgehead atoms. The highest BCUT2D eigenvalue weighted by Crippen LogP contribution is 2.27. The highest BCUT2D eigenvalue weighted by Gasteiger charge is 2.14. The molecule has 0 aliphatic heterocycles. The van der Waals surface area contributed by atoms with Crippen molar-refractivity contribution < 1.29 is 4.74 Å². The Morgan fingerprint density at radius 3 is 2.89 bits per heavy atom. The van der Waals surface area contributed by atoms with Crippen molar-refractivity contribution in [2.45, 2.75) is 32.2 Å². The summed E-state index contributed by atoms with van der Waals surface area (Å²) in [6.07, 6.45) is 5.75. The van der Waals surface area contributed by atoms with E-state index in [1.54, 1.807) is 0 Å². The summed E-state index contributed by atoms with van der Waals surface area (Å²) in [4.78, 5) is 0. The molecule has 0 aromatic heterocycles. The van der Waals surface area contributed by atoms with Gasteiger partial charge in [-0.25, -0.2) is 0 Å². The van der Waals surface area contributed by atoms with Gasteiger partial charge in [0.2, 0.25) is 0 Å². The van der Waals surface area contributed by atoms with E-state index in [9.17, 15) is 0 Å². The minimum atomic E-state index is 0.577. The predicted molar refractivity (Wildman–Crippen MR) is 79.1 cm³/mol. The highest BCUT2D eigenvalue weighted by molar-refractivity contribution is 7.99. The van der Waals surface area contributed by atoms with Gasteiger partial charge >= 0.3 is 0 Å². The van der Waals surface area contributed by atoms with E-state index in [4.69, 9.17) is 10.5 Å². The molecule has 1 aliphatic carbocycles. The molecule has 2 N–H and O–H groups in total. The standard InChI is InChI=1S/C15H23NOS/c16-11-14-6-3-7-15(10-14)17-8-9-18-12-13-4-1-2-5-13/h3,6-7,10,13H,1-2,4-5,8-9,11-12,16H2. The van der Waals surface area contributed by atoms with Gasteiger partial charge in [-0.1, -0.05) is 25.0 Å². The molecule has 2 rings (SSSR count). The lowest BCUT2D eigenvalue weighted by Gasteiger charge is -2.09. The second kappa shape index (κ2) is 7.70. The lowest BCUT2D eigenvalue weighted by atomic mass is 10.1. The summed E-state index contributed by atoms with van der Waals surface area (Å²) in [5, 5.41) is 0. The van der Waals surface area contributed by atoms with Crippen LogP contribution in [0.25, 0.3) is 0 Å². The van der Waals surface area contributed by atoms with Crippen molar-refractivity contribution in [2.75, 3.05) is 18.1 Å². The van der Waals surface area contributed by atoms with Gasteiger partial charge in [0.05, 0.1) is 6.61 Å². The Morgan fingerprint density at radius 2 is 2.11 bits per heavy atom. The van der Waals surface area contributed by atoms with Crippen LogP contribution in [0.15, 0.2) is 24.3 Å². The first-order chi connectivity index (χ1) is 8.88. The van der Waals surface area contributed by atoms with E-state index in [0.717, 1.165) is 29.6 Å². The zero-order valence-electron chi connectivity index (χ0n) is 10.9. The molecule has 0 amide bonds. The Balaban J connectivity index is 1.59. The molecule has 3 heteroatoms. The second-order valence-electron chi connectivity index (χ2n) is 4.93. The van der Waals surface area contributed by atoms with Gasteiger partial charge in [0.25, 0.3) is 0 Å². The van der Waals surface area contributed by atoms with Crippen molar-refractivity contribution in [1.82, 2.24) is 0 Å². The molecule has 18 heavy (non-hydrogen) atoms. The van der Waals surface area contributed by atoms with Crippen LogP contribution < -0.4 is 10.5 Å². The van der Waals surface area contributed by atoms with Crippen LogP contribution in [-0.4, -0.2) is 18.1 Å². The number of nitrogens with two attached hydrogens (primary N) is 1. The third-order valence-electron chi connectivity index (χ3n) is 3.46. The minimum absolute atomic E-state index is 0.577. The van der Waals surface area contributed by atoms with E-state index < -0.39 is 0 Å². The zero-order valence-corrected chi connectivity index (χ0v) is 11.8. The van der Waals surface area contributed by atoms with Gasteiger partial charge in [0, 0.05) is 12.3 Å². The molecule has 0 unspecified atom stereocenters. The fourth-order valence-corrected chi connectivity index (χ4v) is 3.44. The Labute approximate surface area is 114 Å². The number of benzene rings is 1. The van der Waals surface area contributed by atoms with E-state index in [0.29, 0.717) is 6.54 Å². The lowest BCUT2D eigenvalue weighted by molar-refractivity contribution is 0.343. The van der Waals surface area contributed by atoms with E-state index in [1.807, 2.05) is 36.0 Å². The molecule has 0 heterocycles. The first-order valence-electron chi connectivity index (χ1n) is 6.88. The summed E-state index contributed by atoms with van der Waals surface area (Å²) in [6.45, 7) is 1.37. The van der Waals surface area contributed by atoms with Crippen LogP contribution in [0.5, 0.6) is 5.75 Å². The molecule has 0 radical (unpaired) electrons. The maximum absolute atomic E-state index is 5.74. The van der Waals surface area contributed by atoms with Crippen LogP contribution in [0.2, 0.25) is 0 Å². The number of ether oxygens (including phenoxy) is 1. The molecule has 0 saturated heterocycles. The molecule has 1 aliphatic rings. The Bertz CT molecular complexity index is 350. The maximum atomic E-state index is 5.74. The lowest BCUT2D eigenvalue weighted by Crippen LogP contribution is -2.04. The molecule has 2 nitrogen and oxygen atoms in total. The molecule has 1 aromatic carbocycles. The van der Waals surface area contributed by atoms with Crippen LogP contribution >= 0.6 is 11.8 Å². The molecule has 100 valence electrons. The summed E-state index contributed by atoms with van der Waals surface area (Å²) < 4.78 is 5.74. The minimum Gasteiger partial charge on any atom is -0.493 e. The maximum Gasteiger partial charge on any atom is 0.119 e. The fraction of sp³-hybridized carbons (Fsp3) is 0.600. The van der Waals surface area contributed by atoms with Gasteiger partial charge in [0.1, 0.15) is 5.75 Å². The number of hydrogen-bond acceptors (Lipinski definition) is 3. The van der Waals surface area contributed by atoms with E-state index in [2.05, 4.69) is 0 Å². The molecule has 0 spiro atoms. The predicted octanol–water partition coefficient (Wildman–Crippen LogP) is 3.45. The molecular weight excluding hydrogens is 242 g/mol. The Hall–Kier alpha value is -0.670. The molecule has 1 saturated carbocycles. The molecular formula is C15H23NOS. The Morgan fingerprint density at radius 1 is 1.28 bits per heavy atom. The van der Waals surface area contributed by atoms with Gasteiger partial charge in [-0.15, -0.1) is 0 Å². The van der Waals surface area contributed by atoms with Gasteiger partial charge in [-0.3, -0.25) is 0 Å². The first-order valence-corrected chi connectivity index (χ1v) is 8.03. The topological polar surface area (TPSA) is 35.2 Å². The number of rotatable bonds is 7. The van der Waals surface area contributed by atoms with Gasteiger partial charge in [0.15, 0.2) is 0 Å². The smallest absolute Gasteiger partial charge is 0.119 e. The van der Waals surface area contributed by atoms with Crippen LogP contribution in [-0.2, 0) is 6.54 Å². The highest BCUT2D eigenvalue weighted by atomic mass is 32.2. The SMILES string of the molecule is NCc1cccc(OCCSCC2CCCC2)c1. The zero-order chi connectivity index (χ0) is 12.6. The van der Waals surface area contributed by atoms with Crippen molar-refractivity contribution in [3.63, 3.8) is 0 Å². The van der Waals surface area contributed by atoms with E-state index in [-0.39, 0.29) is 0 Å². The average molecular weight is 265 g/mol. The van der Waals surface area contributed by atoms with Crippen LogP contribution in [0.4, 0.5) is 0 Å². The monoisotopic (exact) mass is 265 g/mol. The average Bonchev–Trinajstić information content (AvgIpc) is 2.92. The van der Waals surface area contributed by atoms with Crippen LogP contribution in [0, 0.1) is 5.92 Å². The van der Waals surface area contributed by atoms with Gasteiger partial charge in [-0.2, -0.15) is 11.8 Å². The summed E-state index contributed by atoms with van der Waals surface area (Å²) in [7, 11) is 0. The van der Waals surface area contributed by atoms with Crippen molar-refractivity contribution >= 4 is 11.8 Å². The van der Waals surface area contributed by atoms with Crippen molar-refractivity contribution in [3.8, 4) is 5.75 Å². The summed E-state index contributed by atoms with van der Waals surface area (Å²) in [6, 6.07) is 8.06. The largest absolute Gasteiger partial charge is 0.493 e. The fourth-order valence-electron chi connectivity index (χ4n) is 2.41. The van der Waals surface area contributed by atoms with E-state index >= 15 is 0 Å². The van der Waals surface area contributed by atoms with Crippen molar-refractivity contribution in [1.29, 1.82) is 0 Å². The number of hydrogen-bond donors (Lipinski definition) is 1. The molecule has 0 atom stereocenters. The summed E-state index contributed by atoms with van der Waals surface area (Å²) in [5.41, 5.74) is 6.74. The quantitative estimate of drug-likeness (QED) is 0.767. The normalized spacial score (nSPS) is 16.1. The molecule has 1 aromatic rings. The summed E-state index contributed by atoms with van der Waals surface area (Å²) in [5.74, 6) is 4.31. The van der Waals surface area contributed by atoms with Crippen LogP contribution in [0.1, 0.15) is 31.2 Å².